The second kappa shape index (κ2) is 8.74. The molecule has 4 aromatic rings. The number of aromatic nitrogens is 4. The molecular weight excluding hydrogens is 418 g/mol. The Balaban J connectivity index is 1.67. The second-order valence-electron chi connectivity index (χ2n) is 7.85. The molecule has 0 fully saturated rings. The van der Waals surface area contributed by atoms with Crippen molar-refractivity contribution in [2.24, 2.45) is 0 Å². The van der Waals surface area contributed by atoms with Gasteiger partial charge in [-0.25, -0.2) is 4.68 Å². The number of amides is 1. The predicted molar refractivity (Wildman–Crippen MR) is 121 cm³/mol. The van der Waals surface area contributed by atoms with Crippen LogP contribution in [-0.4, -0.2) is 44.9 Å². The molecule has 8 heteroatoms. The maximum atomic E-state index is 12.5. The van der Waals surface area contributed by atoms with E-state index in [1.165, 1.54) is 6.92 Å². The van der Waals surface area contributed by atoms with Gasteiger partial charge in [-0.1, -0.05) is 66.7 Å². The zero-order valence-corrected chi connectivity index (χ0v) is 18.3. The van der Waals surface area contributed by atoms with Gasteiger partial charge in [0.15, 0.2) is 17.3 Å². The second-order valence-corrected chi connectivity index (χ2v) is 7.85. The summed E-state index contributed by atoms with van der Waals surface area (Å²) in [5.74, 6) is 1.75. The Hall–Kier alpha value is -4.20. The normalized spacial score (nSPS) is 13.2. The third-order valence-corrected chi connectivity index (χ3v) is 5.83. The number of hydrogen-bond acceptors (Lipinski definition) is 6. The topological polar surface area (TPSA) is 82.4 Å². The molecule has 2 heterocycles. The van der Waals surface area contributed by atoms with Crippen LogP contribution in [0.1, 0.15) is 41.5 Å². The maximum Gasteiger partial charge on any atom is 0.231 e. The molecule has 1 unspecified atom stereocenters. The molecule has 33 heavy (non-hydrogen) atoms. The molecule has 0 saturated heterocycles. The number of carbonyl (C=O) groups excluding carboxylic acids is 1. The highest BCUT2D eigenvalue weighted by molar-refractivity contribution is 5.74. The highest BCUT2D eigenvalue weighted by Crippen LogP contribution is 2.38. The molecule has 166 valence electrons. The van der Waals surface area contributed by atoms with Gasteiger partial charge in [0.1, 0.15) is 12.1 Å². The fourth-order valence-corrected chi connectivity index (χ4v) is 4.12. The van der Waals surface area contributed by atoms with E-state index in [1.807, 2.05) is 78.9 Å². The molecule has 0 N–H and O–H groups in total. The van der Waals surface area contributed by atoms with E-state index in [4.69, 9.17) is 9.47 Å². The van der Waals surface area contributed by atoms with E-state index in [-0.39, 0.29) is 18.7 Å². The molecule has 0 radical (unpaired) electrons. The molecule has 8 nitrogen and oxygen atoms in total. The minimum Gasteiger partial charge on any atom is -0.454 e. The van der Waals surface area contributed by atoms with Gasteiger partial charge in [-0.3, -0.25) is 4.79 Å². The van der Waals surface area contributed by atoms with Crippen LogP contribution in [0.25, 0.3) is 0 Å². The molecule has 0 saturated carbocycles. The van der Waals surface area contributed by atoms with Crippen molar-refractivity contribution in [1.29, 1.82) is 0 Å². The highest BCUT2D eigenvalue weighted by atomic mass is 16.7. The zero-order valence-electron chi connectivity index (χ0n) is 18.3. The van der Waals surface area contributed by atoms with Crippen molar-refractivity contribution in [3.63, 3.8) is 0 Å². The summed E-state index contributed by atoms with van der Waals surface area (Å²) in [6.07, 6.45) is 0. The van der Waals surface area contributed by atoms with Crippen molar-refractivity contribution in [3.8, 4) is 11.5 Å². The van der Waals surface area contributed by atoms with Crippen LogP contribution in [0, 0.1) is 0 Å². The molecule has 3 aromatic carbocycles. The van der Waals surface area contributed by atoms with Gasteiger partial charge in [-0.05, 0) is 39.2 Å². The van der Waals surface area contributed by atoms with Crippen molar-refractivity contribution < 1.29 is 14.3 Å². The van der Waals surface area contributed by atoms with Gasteiger partial charge < -0.3 is 14.4 Å². The molecule has 1 amide bonds. The Bertz CT molecular complexity index is 1220. The van der Waals surface area contributed by atoms with Gasteiger partial charge in [0, 0.05) is 14.0 Å². The molecule has 5 rings (SSSR count). The Morgan fingerprint density at radius 3 is 2.18 bits per heavy atom. The third-order valence-electron chi connectivity index (χ3n) is 5.83. The molecule has 0 spiro atoms. The standard InChI is InChI=1S/C25H23N5O3/c1-17(31)29(2)24(20-13-14-21-22(15-20)33-16-32-21)25-26-27-28-30(25)23(18-9-5-3-6-10-18)19-11-7-4-8-12-19/h3-15,23-24H,16H2,1-2H3. The first-order valence-corrected chi connectivity index (χ1v) is 10.6. The molecule has 1 aliphatic heterocycles. The van der Waals surface area contributed by atoms with E-state index in [9.17, 15) is 4.79 Å². The van der Waals surface area contributed by atoms with E-state index in [1.54, 1.807) is 16.6 Å². The average molecular weight is 441 g/mol. The van der Waals surface area contributed by atoms with Crippen molar-refractivity contribution in [1.82, 2.24) is 25.1 Å². The first-order chi connectivity index (χ1) is 16.1. The number of rotatable bonds is 6. The van der Waals surface area contributed by atoms with Crippen molar-refractivity contribution in [3.05, 3.63) is 101 Å². The van der Waals surface area contributed by atoms with E-state index >= 15 is 0 Å². The predicted octanol–water partition coefficient (Wildman–Crippen LogP) is 3.61. The fourth-order valence-electron chi connectivity index (χ4n) is 4.12. The molecule has 0 bridgehead atoms. The molecule has 0 aliphatic carbocycles. The van der Waals surface area contributed by atoms with E-state index < -0.39 is 6.04 Å². The SMILES string of the molecule is CC(=O)N(C)C(c1ccc2c(c1)OCO2)c1nnnn1C(c1ccccc1)c1ccccc1. The van der Waals surface area contributed by atoms with Gasteiger partial charge in [0.2, 0.25) is 12.7 Å². The number of fused-ring (bicyclic) bond motifs is 1. The minimum atomic E-state index is -0.526. The fraction of sp³-hybridized carbons (Fsp3) is 0.200. The monoisotopic (exact) mass is 441 g/mol. The molecule has 1 aromatic heterocycles. The molecule has 1 atom stereocenters. The lowest BCUT2D eigenvalue weighted by Gasteiger charge is -2.29. The summed E-state index contributed by atoms with van der Waals surface area (Å²) < 4.78 is 12.8. The smallest absolute Gasteiger partial charge is 0.231 e. The number of nitrogens with zero attached hydrogens (tertiary/aromatic N) is 5. The lowest BCUT2D eigenvalue weighted by molar-refractivity contribution is -0.129. The summed E-state index contributed by atoms with van der Waals surface area (Å²) in [5, 5.41) is 12.8. The summed E-state index contributed by atoms with van der Waals surface area (Å²) in [6.45, 7) is 1.70. The summed E-state index contributed by atoms with van der Waals surface area (Å²) in [4.78, 5) is 14.1. The van der Waals surface area contributed by atoms with Crippen LogP contribution >= 0.6 is 0 Å². The number of benzene rings is 3. The lowest BCUT2D eigenvalue weighted by atomic mass is 9.97. The quantitative estimate of drug-likeness (QED) is 0.455. The molecule has 1 aliphatic rings. The van der Waals surface area contributed by atoms with Gasteiger partial charge in [-0.2, -0.15) is 0 Å². The Labute approximate surface area is 191 Å². The van der Waals surface area contributed by atoms with Crippen LogP contribution in [0.15, 0.2) is 78.9 Å². The van der Waals surface area contributed by atoms with Crippen LogP contribution in [-0.2, 0) is 4.79 Å². The van der Waals surface area contributed by atoms with Crippen molar-refractivity contribution >= 4 is 5.91 Å². The summed E-state index contributed by atoms with van der Waals surface area (Å²) in [6, 6.07) is 25.0. The van der Waals surface area contributed by atoms with E-state index in [2.05, 4.69) is 15.5 Å². The minimum absolute atomic E-state index is 0.108. The van der Waals surface area contributed by atoms with E-state index in [0.717, 1.165) is 16.7 Å². The Kier molecular flexibility index (Phi) is 5.48. The van der Waals surface area contributed by atoms with Gasteiger partial charge >= 0.3 is 0 Å². The lowest BCUT2D eigenvalue weighted by Crippen LogP contribution is -2.33. The van der Waals surface area contributed by atoms with Gasteiger partial charge in [-0.15, -0.1) is 5.10 Å². The van der Waals surface area contributed by atoms with E-state index in [0.29, 0.717) is 17.3 Å². The summed E-state index contributed by atoms with van der Waals surface area (Å²) in [5.41, 5.74) is 2.90. The van der Waals surface area contributed by atoms with Crippen LogP contribution < -0.4 is 9.47 Å². The van der Waals surface area contributed by atoms with Crippen LogP contribution in [0.4, 0.5) is 0 Å². The van der Waals surface area contributed by atoms with Crippen LogP contribution in [0.2, 0.25) is 0 Å². The average Bonchev–Trinajstić information content (AvgIpc) is 3.51. The zero-order chi connectivity index (χ0) is 22.8. The summed E-state index contributed by atoms with van der Waals surface area (Å²) in [7, 11) is 1.75. The first kappa shape index (κ1) is 20.7. The third kappa shape index (κ3) is 3.91. The number of tetrazole rings is 1. The van der Waals surface area contributed by atoms with Gasteiger partial charge in [0.25, 0.3) is 0 Å². The summed E-state index contributed by atoms with van der Waals surface area (Å²) >= 11 is 0. The maximum absolute atomic E-state index is 12.5. The largest absolute Gasteiger partial charge is 0.454 e. The van der Waals surface area contributed by atoms with Crippen molar-refractivity contribution in [2.45, 2.75) is 19.0 Å². The van der Waals surface area contributed by atoms with Crippen LogP contribution in [0.3, 0.4) is 0 Å². The van der Waals surface area contributed by atoms with Crippen LogP contribution in [0.5, 0.6) is 11.5 Å². The van der Waals surface area contributed by atoms with Crippen molar-refractivity contribution in [2.75, 3.05) is 13.8 Å². The molecular formula is C25H23N5O3. The van der Waals surface area contributed by atoms with Gasteiger partial charge in [0.05, 0.1) is 0 Å². The highest BCUT2D eigenvalue weighted by Gasteiger charge is 2.32. The number of hydrogen-bond donors (Lipinski definition) is 0. The number of ether oxygens (including phenoxy) is 2. The number of carbonyl (C=O) groups is 1. The Morgan fingerprint density at radius 1 is 0.909 bits per heavy atom. The Morgan fingerprint density at radius 2 is 1.55 bits per heavy atom. The first-order valence-electron chi connectivity index (χ1n) is 10.6.